The van der Waals surface area contributed by atoms with Crippen LogP contribution in [-0.4, -0.2) is 36.5 Å². The van der Waals surface area contributed by atoms with Crippen LogP contribution in [0.3, 0.4) is 0 Å². The molecule has 0 aromatic rings. The lowest BCUT2D eigenvalue weighted by Crippen LogP contribution is -2.47. The molecule has 1 fully saturated rings. The fourth-order valence-corrected chi connectivity index (χ4v) is 2.12. The normalized spacial score (nSPS) is 18.8. The largest absolute Gasteiger partial charge is 0.342 e. The van der Waals surface area contributed by atoms with Crippen molar-refractivity contribution in [3.8, 4) is 0 Å². The molecule has 100 valence electrons. The molecule has 1 amide bonds. The second-order valence-corrected chi connectivity index (χ2v) is 6.70. The zero-order valence-corrected chi connectivity index (χ0v) is 12.0. The zero-order valence-electron chi connectivity index (χ0n) is 12.0. The van der Waals surface area contributed by atoms with Crippen LogP contribution >= 0.6 is 0 Å². The molecule has 1 rings (SSSR count). The molecule has 1 aliphatic heterocycles. The standard InChI is InChI=1S/C14H28N2O/c1-11(2)13(17)16-8-6-12(7-9-16)15-10-14(3,4)5/h11-12,15H,6-10H2,1-5H3. The number of likely N-dealkylation sites (tertiary alicyclic amines) is 1. The highest BCUT2D eigenvalue weighted by atomic mass is 16.2. The summed E-state index contributed by atoms with van der Waals surface area (Å²) in [6, 6.07) is 0.588. The fraction of sp³-hybridized carbons (Fsp3) is 0.929. The minimum atomic E-state index is 0.133. The highest BCUT2D eigenvalue weighted by Crippen LogP contribution is 2.16. The Balaban J connectivity index is 2.29. The number of hydrogen-bond donors (Lipinski definition) is 1. The molecule has 0 aliphatic carbocycles. The average Bonchev–Trinajstić information content (AvgIpc) is 2.25. The van der Waals surface area contributed by atoms with Crippen molar-refractivity contribution in [2.24, 2.45) is 11.3 Å². The van der Waals surface area contributed by atoms with Gasteiger partial charge in [0.1, 0.15) is 0 Å². The van der Waals surface area contributed by atoms with Crippen LogP contribution in [-0.2, 0) is 4.79 Å². The number of nitrogens with zero attached hydrogens (tertiary/aromatic N) is 1. The Morgan fingerprint density at radius 2 is 1.82 bits per heavy atom. The maximum Gasteiger partial charge on any atom is 0.225 e. The Labute approximate surface area is 106 Å². The van der Waals surface area contributed by atoms with Gasteiger partial charge in [-0.1, -0.05) is 34.6 Å². The van der Waals surface area contributed by atoms with Crippen LogP contribution in [0.4, 0.5) is 0 Å². The molecule has 3 heteroatoms. The Hall–Kier alpha value is -0.570. The number of hydrogen-bond acceptors (Lipinski definition) is 2. The van der Waals surface area contributed by atoms with E-state index in [1.165, 1.54) is 0 Å². The molecule has 1 aliphatic rings. The fourth-order valence-electron chi connectivity index (χ4n) is 2.12. The molecule has 17 heavy (non-hydrogen) atoms. The van der Waals surface area contributed by atoms with E-state index in [1.54, 1.807) is 0 Å². The summed E-state index contributed by atoms with van der Waals surface area (Å²) in [5, 5.41) is 3.61. The van der Waals surface area contributed by atoms with Crippen molar-refractivity contribution < 1.29 is 4.79 Å². The molecule has 0 radical (unpaired) electrons. The van der Waals surface area contributed by atoms with E-state index in [4.69, 9.17) is 0 Å². The summed E-state index contributed by atoms with van der Waals surface area (Å²) < 4.78 is 0. The van der Waals surface area contributed by atoms with Crippen molar-refractivity contribution in [3.63, 3.8) is 0 Å². The maximum absolute atomic E-state index is 11.8. The van der Waals surface area contributed by atoms with Crippen LogP contribution in [0.2, 0.25) is 0 Å². The van der Waals surface area contributed by atoms with Crippen molar-refractivity contribution in [2.75, 3.05) is 19.6 Å². The summed E-state index contributed by atoms with van der Waals surface area (Å²) in [7, 11) is 0. The van der Waals surface area contributed by atoms with E-state index in [-0.39, 0.29) is 5.92 Å². The van der Waals surface area contributed by atoms with Gasteiger partial charge < -0.3 is 10.2 Å². The van der Waals surface area contributed by atoms with Gasteiger partial charge in [0, 0.05) is 31.6 Å². The Kier molecular flexibility index (Phi) is 4.99. The summed E-state index contributed by atoms with van der Waals surface area (Å²) in [6.07, 6.45) is 2.18. The maximum atomic E-state index is 11.8. The molecular weight excluding hydrogens is 212 g/mol. The lowest BCUT2D eigenvalue weighted by atomic mass is 9.95. The van der Waals surface area contributed by atoms with Crippen LogP contribution in [0.15, 0.2) is 0 Å². The van der Waals surface area contributed by atoms with Gasteiger partial charge in [0.25, 0.3) is 0 Å². The quantitative estimate of drug-likeness (QED) is 0.821. The van der Waals surface area contributed by atoms with E-state index < -0.39 is 0 Å². The summed E-state index contributed by atoms with van der Waals surface area (Å²) >= 11 is 0. The van der Waals surface area contributed by atoms with E-state index in [9.17, 15) is 4.79 Å². The van der Waals surface area contributed by atoms with Gasteiger partial charge in [-0.3, -0.25) is 4.79 Å². The van der Waals surface area contributed by atoms with Crippen LogP contribution in [0, 0.1) is 11.3 Å². The van der Waals surface area contributed by atoms with Crippen molar-refractivity contribution in [3.05, 3.63) is 0 Å². The van der Waals surface area contributed by atoms with Crippen LogP contribution in [0.5, 0.6) is 0 Å². The Bertz CT molecular complexity index is 247. The van der Waals surface area contributed by atoms with E-state index in [2.05, 4.69) is 26.1 Å². The summed E-state index contributed by atoms with van der Waals surface area (Å²) in [5.74, 6) is 0.438. The minimum Gasteiger partial charge on any atom is -0.342 e. The van der Waals surface area contributed by atoms with Gasteiger partial charge in [-0.15, -0.1) is 0 Å². The molecule has 0 spiro atoms. The molecule has 0 bridgehead atoms. The molecule has 3 nitrogen and oxygen atoms in total. The first-order valence-corrected chi connectivity index (χ1v) is 6.82. The SMILES string of the molecule is CC(C)C(=O)N1CCC(NCC(C)(C)C)CC1. The Morgan fingerprint density at radius 3 is 2.24 bits per heavy atom. The van der Waals surface area contributed by atoms with E-state index in [1.807, 2.05) is 18.7 Å². The average molecular weight is 240 g/mol. The van der Waals surface area contributed by atoms with Crippen molar-refractivity contribution >= 4 is 5.91 Å². The molecule has 0 aromatic carbocycles. The lowest BCUT2D eigenvalue weighted by Gasteiger charge is -2.34. The molecule has 0 atom stereocenters. The number of carbonyl (C=O) groups is 1. The summed E-state index contributed by atoms with van der Waals surface area (Å²) in [4.78, 5) is 13.8. The van der Waals surface area contributed by atoms with Crippen molar-refractivity contribution in [2.45, 2.75) is 53.5 Å². The molecule has 1 N–H and O–H groups in total. The number of nitrogens with one attached hydrogen (secondary N) is 1. The summed E-state index contributed by atoms with van der Waals surface area (Å²) in [5.41, 5.74) is 0.338. The van der Waals surface area contributed by atoms with Crippen molar-refractivity contribution in [1.29, 1.82) is 0 Å². The number of carbonyl (C=O) groups excluding carboxylic acids is 1. The van der Waals surface area contributed by atoms with Crippen LogP contribution in [0.1, 0.15) is 47.5 Å². The number of rotatable bonds is 3. The third-order valence-corrected chi connectivity index (χ3v) is 3.22. The molecule has 1 saturated heterocycles. The second-order valence-electron chi connectivity index (χ2n) is 6.70. The first-order valence-electron chi connectivity index (χ1n) is 6.82. The van der Waals surface area contributed by atoms with Gasteiger partial charge in [0.15, 0.2) is 0 Å². The van der Waals surface area contributed by atoms with E-state index >= 15 is 0 Å². The number of piperidine rings is 1. The van der Waals surface area contributed by atoms with Gasteiger partial charge in [-0.05, 0) is 18.3 Å². The Morgan fingerprint density at radius 1 is 1.29 bits per heavy atom. The van der Waals surface area contributed by atoms with Gasteiger partial charge in [-0.2, -0.15) is 0 Å². The number of amides is 1. The van der Waals surface area contributed by atoms with Gasteiger partial charge >= 0.3 is 0 Å². The predicted octanol–water partition coefficient (Wildman–Crippen LogP) is 2.27. The third kappa shape index (κ3) is 5.07. The molecule has 1 heterocycles. The highest BCUT2D eigenvalue weighted by molar-refractivity contribution is 5.78. The second kappa shape index (κ2) is 5.85. The minimum absolute atomic E-state index is 0.133. The van der Waals surface area contributed by atoms with Gasteiger partial charge in [0.2, 0.25) is 5.91 Å². The topological polar surface area (TPSA) is 32.3 Å². The summed E-state index contributed by atoms with van der Waals surface area (Å²) in [6.45, 7) is 13.6. The van der Waals surface area contributed by atoms with Crippen LogP contribution < -0.4 is 5.32 Å². The molecular formula is C14H28N2O. The van der Waals surface area contributed by atoms with Crippen molar-refractivity contribution in [1.82, 2.24) is 10.2 Å². The van der Waals surface area contributed by atoms with E-state index in [0.29, 0.717) is 17.4 Å². The molecule has 0 aromatic heterocycles. The molecule has 0 unspecified atom stereocenters. The predicted molar refractivity (Wildman–Crippen MR) is 71.9 cm³/mol. The van der Waals surface area contributed by atoms with E-state index in [0.717, 1.165) is 32.5 Å². The molecule has 0 saturated carbocycles. The zero-order chi connectivity index (χ0) is 13.1. The first kappa shape index (κ1) is 14.5. The lowest BCUT2D eigenvalue weighted by molar-refractivity contribution is -0.135. The van der Waals surface area contributed by atoms with Gasteiger partial charge in [0.05, 0.1) is 0 Å². The highest BCUT2D eigenvalue weighted by Gasteiger charge is 2.24. The monoisotopic (exact) mass is 240 g/mol. The van der Waals surface area contributed by atoms with Crippen LogP contribution in [0.25, 0.3) is 0 Å². The first-order chi connectivity index (χ1) is 7.79. The van der Waals surface area contributed by atoms with Gasteiger partial charge in [-0.25, -0.2) is 0 Å². The smallest absolute Gasteiger partial charge is 0.225 e. The third-order valence-electron chi connectivity index (χ3n) is 3.22.